The van der Waals surface area contributed by atoms with E-state index in [-0.39, 0.29) is 42.3 Å². The van der Waals surface area contributed by atoms with E-state index in [4.69, 9.17) is 9.47 Å². The fraction of sp³-hybridized carbons (Fsp3) is 0.606. The number of imide groups is 1. The fourth-order valence-corrected chi connectivity index (χ4v) is 4.77. The number of hydrogen-bond donors (Lipinski definition) is 0. The molecule has 1 heterocycles. The number of carbonyl (C=O) groups excluding carboxylic acids is 2. The minimum absolute atomic E-state index is 0. The van der Waals surface area contributed by atoms with Gasteiger partial charge < -0.3 is 33.5 Å². The molecule has 1 aromatic carbocycles. The largest absolute Gasteiger partial charge is 1.00 e. The molecule has 6 nitrogen and oxygen atoms in total. The minimum Gasteiger partial charge on any atom is -1.00 e. The lowest BCUT2D eigenvalue weighted by Crippen LogP contribution is -3.00. The third-order valence-electron chi connectivity index (χ3n) is 7.27. The molecule has 0 atom stereocenters. The van der Waals surface area contributed by atoms with E-state index in [9.17, 15) is 9.59 Å². The van der Waals surface area contributed by atoms with Gasteiger partial charge in [-0.3, -0.25) is 14.5 Å². The molecule has 2 amide bonds. The van der Waals surface area contributed by atoms with Crippen LogP contribution < -0.4 is 38.0 Å². The third-order valence-corrected chi connectivity index (χ3v) is 7.27. The molecule has 0 spiro atoms. The van der Waals surface area contributed by atoms with Crippen molar-refractivity contribution in [2.24, 2.45) is 7.05 Å². The number of halogens is 1. The van der Waals surface area contributed by atoms with E-state index in [2.05, 4.69) is 6.92 Å². The fourth-order valence-electron chi connectivity index (χ4n) is 4.77. The highest BCUT2D eigenvalue weighted by molar-refractivity contribution is 6.04. The second-order valence-corrected chi connectivity index (χ2v) is 10.5. The highest BCUT2D eigenvalue weighted by Gasteiger charge is 2.24. The van der Waals surface area contributed by atoms with Gasteiger partial charge in [0.25, 0.3) is 5.91 Å². The van der Waals surface area contributed by atoms with Crippen molar-refractivity contribution in [3.05, 3.63) is 53.9 Å². The first-order valence-electron chi connectivity index (χ1n) is 15.0. The molecular weight excluding hydrogens is 615 g/mol. The Balaban J connectivity index is 0.00000800. The van der Waals surface area contributed by atoms with Gasteiger partial charge in [-0.1, -0.05) is 96.5 Å². The molecule has 0 saturated carbocycles. The van der Waals surface area contributed by atoms with Crippen LogP contribution in [0.3, 0.4) is 0 Å². The summed E-state index contributed by atoms with van der Waals surface area (Å²) in [6, 6.07) is 10.8. The molecule has 0 aliphatic rings. The van der Waals surface area contributed by atoms with Crippen LogP contribution in [-0.4, -0.2) is 30.4 Å². The lowest BCUT2D eigenvalue weighted by atomic mass is 10.0. The maximum atomic E-state index is 13.2. The molecule has 0 radical (unpaired) electrons. The van der Waals surface area contributed by atoms with Gasteiger partial charge in [0.2, 0.25) is 11.6 Å². The number of aromatic nitrogens is 1. The number of hydrogen-bond acceptors (Lipinski definition) is 4. The lowest BCUT2D eigenvalue weighted by molar-refractivity contribution is -0.679. The molecule has 0 aliphatic carbocycles. The van der Waals surface area contributed by atoms with Crippen molar-refractivity contribution in [3.63, 3.8) is 0 Å². The Kier molecular flexibility index (Phi) is 19.3. The summed E-state index contributed by atoms with van der Waals surface area (Å²) in [5.74, 6) is 0.455. The molecule has 224 valence electrons. The molecule has 1 aromatic heterocycles. The summed E-state index contributed by atoms with van der Waals surface area (Å²) in [4.78, 5) is 26.7. The van der Waals surface area contributed by atoms with Crippen LogP contribution in [0.5, 0.6) is 11.5 Å². The van der Waals surface area contributed by atoms with Gasteiger partial charge in [-0.15, -0.1) is 0 Å². The number of pyridine rings is 1. The van der Waals surface area contributed by atoms with Crippen molar-refractivity contribution >= 4 is 11.8 Å². The number of rotatable bonds is 20. The summed E-state index contributed by atoms with van der Waals surface area (Å²) in [5, 5.41) is 0. The van der Waals surface area contributed by atoms with Gasteiger partial charge >= 0.3 is 0 Å². The summed E-state index contributed by atoms with van der Waals surface area (Å²) >= 11 is 0. The van der Waals surface area contributed by atoms with E-state index in [0.29, 0.717) is 23.7 Å². The van der Waals surface area contributed by atoms with Crippen LogP contribution in [0.4, 0.5) is 0 Å². The molecule has 7 heteroatoms. The smallest absolute Gasteiger partial charge is 0.261 e. The molecule has 0 unspecified atom stereocenters. The first kappa shape index (κ1) is 35.9. The first-order valence-corrected chi connectivity index (χ1v) is 15.0. The molecule has 0 saturated heterocycles. The van der Waals surface area contributed by atoms with Crippen LogP contribution in [0.1, 0.15) is 120 Å². The van der Waals surface area contributed by atoms with Crippen molar-refractivity contribution in [1.82, 2.24) is 4.90 Å². The number of methoxy groups -OCH3 is 1. The number of unbranched alkanes of at least 4 members (excludes halogenated alkanes) is 13. The summed E-state index contributed by atoms with van der Waals surface area (Å²) in [7, 11) is 3.46. The highest BCUT2D eigenvalue weighted by Crippen LogP contribution is 2.29. The zero-order chi connectivity index (χ0) is 28.3. The van der Waals surface area contributed by atoms with Crippen molar-refractivity contribution in [2.75, 3.05) is 13.7 Å². The first-order chi connectivity index (χ1) is 19.0. The highest BCUT2D eigenvalue weighted by atomic mass is 127. The Morgan fingerprint density at radius 1 is 0.800 bits per heavy atom. The number of aryl methyl sites for hydroxylation is 1. The zero-order valence-corrected chi connectivity index (χ0v) is 27.4. The van der Waals surface area contributed by atoms with Crippen molar-refractivity contribution in [2.45, 2.75) is 110 Å². The van der Waals surface area contributed by atoms with Crippen LogP contribution >= 0.6 is 0 Å². The second kappa shape index (κ2) is 21.6. The normalized spacial score (nSPS) is 10.6. The molecule has 40 heavy (non-hydrogen) atoms. The SMILES string of the molecule is CCCCCCCCCCCCCCCCOc1ccc(C(=O)N(Cc2cccc[n+]2C)C(C)=O)cc1OC.[I-]. The summed E-state index contributed by atoms with van der Waals surface area (Å²) in [6.45, 7) is 4.50. The van der Waals surface area contributed by atoms with Gasteiger partial charge in [0.15, 0.2) is 17.7 Å². The van der Waals surface area contributed by atoms with Crippen LogP contribution in [0.25, 0.3) is 0 Å². The molecule has 0 fully saturated rings. The van der Waals surface area contributed by atoms with E-state index in [1.54, 1.807) is 25.3 Å². The van der Waals surface area contributed by atoms with Gasteiger partial charge in [-0.05, 0) is 24.6 Å². The number of amides is 2. The summed E-state index contributed by atoms with van der Waals surface area (Å²) < 4.78 is 13.4. The van der Waals surface area contributed by atoms with E-state index >= 15 is 0 Å². The Labute approximate surface area is 259 Å². The van der Waals surface area contributed by atoms with Gasteiger partial charge in [0, 0.05) is 24.6 Å². The van der Waals surface area contributed by atoms with Crippen molar-refractivity contribution < 1.29 is 47.6 Å². The zero-order valence-electron chi connectivity index (χ0n) is 25.3. The van der Waals surface area contributed by atoms with E-state index in [1.807, 2.05) is 36.0 Å². The maximum Gasteiger partial charge on any atom is 0.261 e. The van der Waals surface area contributed by atoms with Crippen molar-refractivity contribution in [1.29, 1.82) is 0 Å². The molecule has 0 N–H and O–H groups in total. The third kappa shape index (κ3) is 13.5. The van der Waals surface area contributed by atoms with E-state index < -0.39 is 0 Å². The standard InChI is InChI=1S/C33H51N2O4.HI/c1-5-6-7-8-9-10-11-12-13-14-15-16-17-20-25-39-31-23-22-29(26-32(31)38-4)33(37)35(28(2)36)27-30-21-18-19-24-34(30)3;/h18-19,21-24,26H,5-17,20,25,27H2,1-4H3;1H/q+1;/p-1. The van der Waals surface area contributed by atoms with Gasteiger partial charge in [-0.25, -0.2) is 4.57 Å². The molecule has 2 aromatic rings. The summed E-state index contributed by atoms with van der Waals surface area (Å²) in [5.41, 5.74) is 1.26. The van der Waals surface area contributed by atoms with Crippen molar-refractivity contribution in [3.8, 4) is 11.5 Å². The van der Waals surface area contributed by atoms with Crippen LogP contribution in [0.15, 0.2) is 42.6 Å². The predicted molar refractivity (Wildman–Crippen MR) is 157 cm³/mol. The maximum absolute atomic E-state index is 13.2. The average molecular weight is 667 g/mol. The Morgan fingerprint density at radius 3 is 1.90 bits per heavy atom. The number of ether oxygens (including phenoxy) is 2. The molecule has 2 rings (SSSR count). The van der Waals surface area contributed by atoms with Gasteiger partial charge in [-0.2, -0.15) is 0 Å². The molecule has 0 bridgehead atoms. The van der Waals surface area contributed by atoms with Crippen LogP contribution in [-0.2, 0) is 18.4 Å². The van der Waals surface area contributed by atoms with Crippen LogP contribution in [0, 0.1) is 0 Å². The second-order valence-electron chi connectivity index (χ2n) is 10.5. The van der Waals surface area contributed by atoms with Gasteiger partial charge in [0.05, 0.1) is 13.7 Å². The van der Waals surface area contributed by atoms with E-state index in [1.165, 1.54) is 88.9 Å². The topological polar surface area (TPSA) is 59.7 Å². The van der Waals surface area contributed by atoms with Crippen LogP contribution in [0.2, 0.25) is 0 Å². The Hall–Kier alpha value is -2.16. The average Bonchev–Trinajstić information content (AvgIpc) is 2.94. The molecule has 0 aliphatic heterocycles. The Bertz CT molecular complexity index is 998. The number of carbonyl (C=O) groups is 2. The number of nitrogens with zero attached hydrogens (tertiary/aromatic N) is 2. The monoisotopic (exact) mass is 666 g/mol. The lowest BCUT2D eigenvalue weighted by Gasteiger charge is -2.19. The number of benzene rings is 1. The van der Waals surface area contributed by atoms with Gasteiger partial charge in [0.1, 0.15) is 13.6 Å². The summed E-state index contributed by atoms with van der Waals surface area (Å²) in [6.07, 6.45) is 20.4. The molecular formula is C33H51IN2O4. The van der Waals surface area contributed by atoms with E-state index in [0.717, 1.165) is 18.5 Å². The predicted octanol–water partition coefficient (Wildman–Crippen LogP) is 4.57. The Morgan fingerprint density at radius 2 is 1.38 bits per heavy atom. The quantitative estimate of drug-likeness (QED) is 0.118. The minimum atomic E-state index is -0.358.